The van der Waals surface area contributed by atoms with Gasteiger partial charge in [0.05, 0.1) is 11.4 Å². The maximum Gasteiger partial charge on any atom is 0.460 e. The van der Waals surface area contributed by atoms with Crippen LogP contribution >= 0.6 is 0 Å². The highest BCUT2D eigenvalue weighted by molar-refractivity contribution is 5.67. The Morgan fingerprint density at radius 1 is 0.655 bits per heavy atom. The van der Waals surface area contributed by atoms with Crippen LogP contribution < -0.4 is 16.2 Å². The van der Waals surface area contributed by atoms with Gasteiger partial charge in [-0.25, -0.2) is 8.78 Å². The molecule has 0 unspecified atom stereocenters. The van der Waals surface area contributed by atoms with Gasteiger partial charge in [-0.05, 0) is 0 Å². The van der Waals surface area contributed by atoms with Crippen molar-refractivity contribution in [2.24, 2.45) is 0 Å². The quantitative estimate of drug-likeness (QED) is 0.275. The summed E-state index contributed by atoms with van der Waals surface area (Å²) in [4.78, 5) is 0. The first-order chi connectivity index (χ1) is 12.7. The second-order valence-electron chi connectivity index (χ2n) is 5.01. The van der Waals surface area contributed by atoms with Crippen LogP contribution in [-0.4, -0.2) is 23.9 Å². The van der Waals surface area contributed by atoms with Crippen molar-refractivity contribution in [2.45, 2.75) is 23.9 Å². The Bertz CT molecular complexity index is 815. The van der Waals surface area contributed by atoms with Crippen LogP contribution in [0.25, 0.3) is 0 Å². The monoisotopic (exact) mass is 458 g/mol. The van der Waals surface area contributed by atoms with Crippen LogP contribution in [0, 0.1) is 17.5 Å². The Labute approximate surface area is 149 Å². The second kappa shape index (κ2) is 7.01. The molecule has 0 saturated heterocycles. The van der Waals surface area contributed by atoms with Crippen molar-refractivity contribution >= 4 is 11.4 Å². The summed E-state index contributed by atoms with van der Waals surface area (Å²) in [5.74, 6) is -36.8. The zero-order chi connectivity index (χ0) is 23.3. The molecule has 3 nitrogen and oxygen atoms in total. The molecule has 0 saturated carbocycles. The van der Waals surface area contributed by atoms with Gasteiger partial charge in [-0.3, -0.25) is 0 Å². The molecule has 1 aromatic rings. The summed E-state index contributed by atoms with van der Waals surface area (Å²) in [6, 6.07) is -3.81. The van der Waals surface area contributed by atoms with Gasteiger partial charge in [-0.2, -0.15) is 52.7 Å². The topological polar surface area (TPSA) is 61.3 Å². The number of ether oxygens (including phenoxy) is 1. The summed E-state index contributed by atoms with van der Waals surface area (Å²) in [5, 5.41) is 0. The van der Waals surface area contributed by atoms with Gasteiger partial charge in [0.2, 0.25) is 17.4 Å². The molecule has 0 amide bonds. The SMILES string of the molecule is Nc1c(N)c(F)c(OC(F)=C(F)C(F)(F)C(F)(F)C(F)(F)C(F)(F)F)c(F)c1F. The molecule has 0 fully saturated rings. The summed E-state index contributed by atoms with van der Waals surface area (Å²) in [7, 11) is 0. The van der Waals surface area contributed by atoms with Crippen LogP contribution in [0.15, 0.2) is 11.8 Å². The zero-order valence-corrected chi connectivity index (χ0v) is 12.9. The number of anilines is 2. The van der Waals surface area contributed by atoms with Gasteiger partial charge in [0.15, 0.2) is 11.6 Å². The van der Waals surface area contributed by atoms with Crippen molar-refractivity contribution in [3.05, 3.63) is 29.3 Å². The van der Waals surface area contributed by atoms with E-state index in [1.807, 2.05) is 0 Å². The molecule has 0 radical (unpaired) electrons. The number of halogens is 14. The summed E-state index contributed by atoms with van der Waals surface area (Å²) in [5.41, 5.74) is 6.45. The van der Waals surface area contributed by atoms with Gasteiger partial charge in [0, 0.05) is 0 Å². The van der Waals surface area contributed by atoms with Crippen LogP contribution in [0.4, 0.5) is 72.8 Å². The van der Waals surface area contributed by atoms with Crippen LogP contribution in [0.5, 0.6) is 5.75 Å². The Balaban J connectivity index is 3.55. The van der Waals surface area contributed by atoms with Gasteiger partial charge in [-0.1, -0.05) is 0 Å². The molecule has 0 aliphatic heterocycles. The molecule has 0 heterocycles. The van der Waals surface area contributed by atoms with E-state index in [1.54, 1.807) is 0 Å². The molecule has 0 aliphatic carbocycles. The highest BCUT2D eigenvalue weighted by Crippen LogP contribution is 2.56. The lowest BCUT2D eigenvalue weighted by molar-refractivity contribution is -0.392. The smallest absolute Gasteiger partial charge is 0.423 e. The lowest BCUT2D eigenvalue weighted by Gasteiger charge is -2.32. The van der Waals surface area contributed by atoms with E-state index >= 15 is 0 Å². The van der Waals surface area contributed by atoms with Crippen LogP contribution in [0.2, 0.25) is 0 Å². The van der Waals surface area contributed by atoms with E-state index < -0.39 is 70.4 Å². The first kappa shape index (κ1) is 24.4. The molecular formula is C12H4F14N2O. The van der Waals surface area contributed by atoms with Crippen molar-refractivity contribution < 1.29 is 66.2 Å². The number of alkyl halides is 9. The van der Waals surface area contributed by atoms with Gasteiger partial charge >= 0.3 is 30.0 Å². The third kappa shape index (κ3) is 3.57. The predicted molar refractivity (Wildman–Crippen MR) is 65.9 cm³/mol. The molecule has 1 aromatic carbocycles. The Morgan fingerprint density at radius 2 is 1.07 bits per heavy atom. The van der Waals surface area contributed by atoms with E-state index in [0.717, 1.165) is 0 Å². The number of rotatable bonds is 5. The van der Waals surface area contributed by atoms with E-state index in [0.29, 0.717) is 0 Å². The van der Waals surface area contributed by atoms with Crippen molar-refractivity contribution in [1.82, 2.24) is 0 Å². The van der Waals surface area contributed by atoms with E-state index in [1.165, 1.54) is 0 Å². The number of allylic oxidation sites excluding steroid dienone is 1. The summed E-state index contributed by atoms with van der Waals surface area (Å²) in [6.07, 6.45) is -7.36. The molecule has 17 heteroatoms. The minimum atomic E-state index is -7.65. The molecule has 0 spiro atoms. The minimum Gasteiger partial charge on any atom is -0.423 e. The van der Waals surface area contributed by atoms with Crippen LogP contribution in [0.1, 0.15) is 0 Å². The molecule has 29 heavy (non-hydrogen) atoms. The number of hydrogen-bond donors (Lipinski definition) is 2. The van der Waals surface area contributed by atoms with Crippen LogP contribution in [0.3, 0.4) is 0 Å². The van der Waals surface area contributed by atoms with E-state index in [-0.39, 0.29) is 0 Å². The average molecular weight is 458 g/mol. The Morgan fingerprint density at radius 3 is 1.48 bits per heavy atom. The number of nitrogen functional groups attached to an aromatic ring is 2. The van der Waals surface area contributed by atoms with E-state index in [9.17, 15) is 61.5 Å². The third-order valence-corrected chi connectivity index (χ3v) is 3.14. The lowest BCUT2D eigenvalue weighted by atomic mass is 10.0. The number of benzene rings is 1. The summed E-state index contributed by atoms with van der Waals surface area (Å²) < 4.78 is 183. The van der Waals surface area contributed by atoms with Crippen molar-refractivity contribution in [3.63, 3.8) is 0 Å². The maximum atomic E-state index is 13.6. The highest BCUT2D eigenvalue weighted by atomic mass is 19.4. The standard InChI is InChI=1S/C12H4F14N2O/c13-1-2(14)6(3(15)5(28)4(1)27)29-8(17)7(16)9(18,19)10(20,21)11(22,23)12(24,25)26/h27-28H2. The minimum absolute atomic E-state index is 1.47. The highest BCUT2D eigenvalue weighted by Gasteiger charge is 2.83. The molecular weight excluding hydrogens is 454 g/mol. The van der Waals surface area contributed by atoms with Gasteiger partial charge in [0.25, 0.3) is 0 Å². The normalized spacial score (nSPS) is 14.7. The molecule has 0 aliphatic rings. The Hall–Kier alpha value is -2.62. The molecule has 1 rings (SSSR count). The largest absolute Gasteiger partial charge is 0.460 e. The van der Waals surface area contributed by atoms with Crippen LogP contribution in [-0.2, 0) is 0 Å². The van der Waals surface area contributed by atoms with Crippen molar-refractivity contribution in [2.75, 3.05) is 11.5 Å². The predicted octanol–water partition coefficient (Wildman–Crippen LogP) is 5.22. The molecule has 0 aromatic heterocycles. The summed E-state index contributed by atoms with van der Waals surface area (Å²) >= 11 is 0. The van der Waals surface area contributed by atoms with Crippen molar-refractivity contribution in [3.8, 4) is 5.75 Å². The van der Waals surface area contributed by atoms with E-state index in [4.69, 9.17) is 11.5 Å². The van der Waals surface area contributed by atoms with Gasteiger partial charge < -0.3 is 16.2 Å². The maximum absolute atomic E-state index is 13.6. The first-order valence-corrected chi connectivity index (χ1v) is 6.38. The van der Waals surface area contributed by atoms with Gasteiger partial charge in [-0.15, -0.1) is 0 Å². The summed E-state index contributed by atoms with van der Waals surface area (Å²) in [6.45, 7) is 0. The lowest BCUT2D eigenvalue weighted by Crippen LogP contribution is -2.61. The Kier molecular flexibility index (Phi) is 5.90. The van der Waals surface area contributed by atoms with Gasteiger partial charge in [0.1, 0.15) is 0 Å². The molecule has 0 atom stereocenters. The van der Waals surface area contributed by atoms with Crippen molar-refractivity contribution in [1.29, 1.82) is 0 Å². The fourth-order valence-corrected chi connectivity index (χ4v) is 1.53. The average Bonchev–Trinajstić information content (AvgIpc) is 2.59. The molecule has 0 bridgehead atoms. The van der Waals surface area contributed by atoms with E-state index in [2.05, 4.69) is 4.74 Å². The second-order valence-corrected chi connectivity index (χ2v) is 5.01. The fourth-order valence-electron chi connectivity index (χ4n) is 1.53. The number of nitrogens with two attached hydrogens (primary N) is 2. The first-order valence-electron chi connectivity index (χ1n) is 6.38. The zero-order valence-electron chi connectivity index (χ0n) is 12.9. The number of hydrogen-bond acceptors (Lipinski definition) is 3. The fraction of sp³-hybridized carbons (Fsp3) is 0.333. The molecule has 166 valence electrons. The third-order valence-electron chi connectivity index (χ3n) is 3.14. The molecule has 4 N–H and O–H groups in total.